The van der Waals surface area contributed by atoms with Crippen molar-refractivity contribution in [2.45, 2.75) is 25.6 Å². The molecule has 1 unspecified atom stereocenters. The van der Waals surface area contributed by atoms with E-state index < -0.39 is 35.4 Å². The van der Waals surface area contributed by atoms with Crippen molar-refractivity contribution in [1.82, 2.24) is 15.5 Å². The number of halogens is 3. The molecule has 3 N–H and O–H groups in total. The molecule has 1 atom stereocenters. The number of hydrogen-bond acceptors (Lipinski definition) is 3. The number of carbonyl (C=O) groups is 2. The lowest BCUT2D eigenvalue weighted by Crippen LogP contribution is -2.40. The maximum absolute atomic E-state index is 12.5. The zero-order valence-corrected chi connectivity index (χ0v) is 9.21. The monoisotopic (exact) mass is 265 g/mol. The van der Waals surface area contributed by atoms with Crippen molar-refractivity contribution in [3.63, 3.8) is 0 Å². The van der Waals surface area contributed by atoms with Crippen LogP contribution in [0.5, 0.6) is 0 Å². The first kappa shape index (κ1) is 14.0. The number of nitrogens with one attached hydrogen (secondary N) is 2. The third kappa shape index (κ3) is 2.99. The molecule has 0 radical (unpaired) electrons. The van der Waals surface area contributed by atoms with E-state index in [0.29, 0.717) is 6.20 Å². The molecule has 0 saturated heterocycles. The number of hydrogen-bond donors (Lipinski definition) is 3. The van der Waals surface area contributed by atoms with Crippen LogP contribution < -0.4 is 5.32 Å². The van der Waals surface area contributed by atoms with Gasteiger partial charge in [0.1, 0.15) is 6.04 Å². The van der Waals surface area contributed by atoms with Gasteiger partial charge in [0.25, 0.3) is 5.91 Å². The first-order valence-corrected chi connectivity index (χ1v) is 4.91. The Morgan fingerprint density at radius 3 is 2.61 bits per heavy atom. The normalized spacial score (nSPS) is 13.1. The summed E-state index contributed by atoms with van der Waals surface area (Å²) in [6.45, 7) is 1.49. The fourth-order valence-corrected chi connectivity index (χ4v) is 1.25. The summed E-state index contributed by atoms with van der Waals surface area (Å²) in [5.74, 6) is -2.45. The molecule has 0 fully saturated rings. The van der Waals surface area contributed by atoms with Crippen molar-refractivity contribution in [2.75, 3.05) is 0 Å². The molecular weight excluding hydrogens is 255 g/mol. The van der Waals surface area contributed by atoms with Gasteiger partial charge in [-0.15, -0.1) is 0 Å². The summed E-state index contributed by atoms with van der Waals surface area (Å²) in [5, 5.41) is 15.5. The Balaban J connectivity index is 2.92. The maximum Gasteiger partial charge on any atom is 0.433 e. The lowest BCUT2D eigenvalue weighted by Gasteiger charge is -2.12. The molecule has 0 aliphatic carbocycles. The van der Waals surface area contributed by atoms with Gasteiger partial charge in [0.05, 0.1) is 11.8 Å². The van der Waals surface area contributed by atoms with Crippen LogP contribution in [0.4, 0.5) is 13.2 Å². The highest BCUT2D eigenvalue weighted by molar-refractivity contribution is 5.97. The summed E-state index contributed by atoms with van der Waals surface area (Å²) in [5.41, 5.74) is -2.04. The van der Waals surface area contributed by atoms with Crippen LogP contribution in [0.1, 0.15) is 29.4 Å². The van der Waals surface area contributed by atoms with E-state index in [9.17, 15) is 22.8 Å². The van der Waals surface area contributed by atoms with Gasteiger partial charge in [-0.3, -0.25) is 9.89 Å². The molecule has 0 spiro atoms. The van der Waals surface area contributed by atoms with Crippen LogP contribution in [0.2, 0.25) is 0 Å². The average Bonchev–Trinajstić information content (AvgIpc) is 2.73. The van der Waals surface area contributed by atoms with Crippen LogP contribution in [-0.4, -0.2) is 33.2 Å². The highest BCUT2D eigenvalue weighted by Crippen LogP contribution is 2.29. The van der Waals surface area contributed by atoms with Gasteiger partial charge < -0.3 is 10.4 Å². The summed E-state index contributed by atoms with van der Waals surface area (Å²) in [6, 6.07) is -1.24. The number of amides is 1. The topological polar surface area (TPSA) is 95.1 Å². The second-order valence-electron chi connectivity index (χ2n) is 3.43. The largest absolute Gasteiger partial charge is 0.480 e. The van der Waals surface area contributed by atoms with Crippen LogP contribution >= 0.6 is 0 Å². The second kappa shape index (κ2) is 5.07. The van der Waals surface area contributed by atoms with E-state index in [-0.39, 0.29) is 6.42 Å². The van der Waals surface area contributed by atoms with E-state index in [0.717, 1.165) is 0 Å². The van der Waals surface area contributed by atoms with E-state index in [1.165, 1.54) is 6.92 Å². The standard InChI is InChI=1S/C9H10F3N3O3/c1-2-5(8(17)18)14-7(16)4-3-13-15-6(4)9(10,11)12/h3,5H,2H2,1H3,(H,13,15)(H,14,16)(H,17,18). The Bertz CT molecular complexity index is 455. The molecule has 0 bridgehead atoms. The molecule has 1 heterocycles. The number of aliphatic carboxylic acids is 1. The molecule has 6 nitrogen and oxygen atoms in total. The van der Waals surface area contributed by atoms with Crippen LogP contribution in [-0.2, 0) is 11.0 Å². The lowest BCUT2D eigenvalue weighted by atomic mass is 10.2. The van der Waals surface area contributed by atoms with Crippen LogP contribution in [0.15, 0.2) is 6.20 Å². The Morgan fingerprint density at radius 2 is 2.17 bits per heavy atom. The minimum absolute atomic E-state index is 0.0558. The van der Waals surface area contributed by atoms with E-state index in [4.69, 9.17) is 5.11 Å². The van der Waals surface area contributed by atoms with Gasteiger partial charge in [0.15, 0.2) is 5.69 Å². The molecule has 0 aliphatic heterocycles. The predicted octanol–water partition coefficient (Wildman–Crippen LogP) is 1.02. The summed E-state index contributed by atoms with van der Waals surface area (Å²) in [4.78, 5) is 22.2. The van der Waals surface area contributed by atoms with Gasteiger partial charge in [0.2, 0.25) is 0 Å². The molecule has 0 saturated carbocycles. The number of aromatic nitrogens is 2. The Hall–Kier alpha value is -2.06. The zero-order chi connectivity index (χ0) is 13.9. The average molecular weight is 265 g/mol. The number of carboxylic acids is 1. The molecule has 1 aromatic heterocycles. The highest BCUT2D eigenvalue weighted by Gasteiger charge is 2.38. The number of carbonyl (C=O) groups excluding carboxylic acids is 1. The molecule has 1 amide bonds. The van der Waals surface area contributed by atoms with Gasteiger partial charge in [-0.25, -0.2) is 4.79 Å². The third-order valence-corrected chi connectivity index (χ3v) is 2.18. The van der Waals surface area contributed by atoms with Crippen LogP contribution in [0, 0.1) is 0 Å². The molecule has 0 aromatic carbocycles. The predicted molar refractivity (Wildman–Crippen MR) is 52.8 cm³/mol. The SMILES string of the molecule is CCC(NC(=O)c1cn[nH]c1C(F)(F)F)C(=O)O. The molecule has 100 valence electrons. The Labute approximate surface area is 99.2 Å². The van der Waals surface area contributed by atoms with Crippen molar-refractivity contribution in [3.8, 4) is 0 Å². The van der Waals surface area contributed by atoms with E-state index in [2.05, 4.69) is 5.10 Å². The molecule has 1 aromatic rings. The van der Waals surface area contributed by atoms with E-state index in [1.54, 1.807) is 5.10 Å². The molecule has 18 heavy (non-hydrogen) atoms. The van der Waals surface area contributed by atoms with E-state index >= 15 is 0 Å². The van der Waals surface area contributed by atoms with Gasteiger partial charge >= 0.3 is 12.1 Å². The lowest BCUT2D eigenvalue weighted by molar-refractivity contribution is -0.141. The smallest absolute Gasteiger partial charge is 0.433 e. The first-order valence-electron chi connectivity index (χ1n) is 4.91. The number of aromatic amines is 1. The maximum atomic E-state index is 12.5. The van der Waals surface area contributed by atoms with Crippen molar-refractivity contribution < 1.29 is 27.9 Å². The minimum Gasteiger partial charge on any atom is -0.480 e. The summed E-state index contributed by atoms with van der Waals surface area (Å²) < 4.78 is 37.4. The van der Waals surface area contributed by atoms with Gasteiger partial charge in [-0.05, 0) is 6.42 Å². The molecular formula is C9H10F3N3O3. The van der Waals surface area contributed by atoms with Gasteiger partial charge in [-0.2, -0.15) is 18.3 Å². The number of nitrogens with zero attached hydrogens (tertiary/aromatic N) is 1. The van der Waals surface area contributed by atoms with E-state index in [1.807, 2.05) is 5.32 Å². The number of alkyl halides is 3. The number of carboxylic acid groups (broad SMARTS) is 1. The zero-order valence-electron chi connectivity index (χ0n) is 9.21. The first-order chi connectivity index (χ1) is 8.27. The van der Waals surface area contributed by atoms with Crippen molar-refractivity contribution in [1.29, 1.82) is 0 Å². The highest BCUT2D eigenvalue weighted by atomic mass is 19.4. The molecule has 1 rings (SSSR count). The molecule has 9 heteroatoms. The van der Waals surface area contributed by atoms with Crippen LogP contribution in [0.3, 0.4) is 0 Å². The number of H-pyrrole nitrogens is 1. The fourth-order valence-electron chi connectivity index (χ4n) is 1.25. The third-order valence-electron chi connectivity index (χ3n) is 2.18. The number of rotatable bonds is 4. The van der Waals surface area contributed by atoms with Crippen LogP contribution in [0.25, 0.3) is 0 Å². The van der Waals surface area contributed by atoms with Crippen molar-refractivity contribution in [2.24, 2.45) is 0 Å². The Kier molecular flexibility index (Phi) is 3.94. The Morgan fingerprint density at radius 1 is 1.56 bits per heavy atom. The quantitative estimate of drug-likeness (QED) is 0.757. The van der Waals surface area contributed by atoms with Gasteiger partial charge in [0, 0.05) is 0 Å². The van der Waals surface area contributed by atoms with Gasteiger partial charge in [-0.1, -0.05) is 6.92 Å². The summed E-state index contributed by atoms with van der Waals surface area (Å²) >= 11 is 0. The summed E-state index contributed by atoms with van der Waals surface area (Å²) in [6.07, 6.45) is -4.00. The van der Waals surface area contributed by atoms with Crippen molar-refractivity contribution >= 4 is 11.9 Å². The fraction of sp³-hybridized carbons (Fsp3) is 0.444. The minimum atomic E-state index is -4.76. The summed E-state index contributed by atoms with van der Waals surface area (Å²) in [7, 11) is 0. The van der Waals surface area contributed by atoms with Crippen molar-refractivity contribution in [3.05, 3.63) is 17.5 Å². The molecule has 0 aliphatic rings. The second-order valence-corrected chi connectivity index (χ2v) is 3.43.